The van der Waals surface area contributed by atoms with E-state index >= 15 is 0 Å². The van der Waals surface area contributed by atoms with Gasteiger partial charge in [0.25, 0.3) is 0 Å². The van der Waals surface area contributed by atoms with Crippen LogP contribution in [0.15, 0.2) is 10.7 Å². The average Bonchev–Trinajstić information content (AvgIpc) is 2.55. The molecule has 0 aliphatic carbocycles. The van der Waals surface area contributed by atoms with Crippen LogP contribution < -0.4 is 11.3 Å². The Labute approximate surface area is 98.1 Å². The fourth-order valence-electron chi connectivity index (χ4n) is 1.50. The first-order valence-corrected chi connectivity index (χ1v) is 5.55. The monoisotopic (exact) mass is 276 g/mol. The van der Waals surface area contributed by atoms with Gasteiger partial charge in [-0.25, -0.2) is 0 Å². The third kappa shape index (κ3) is 3.01. The Bertz CT molecular complexity index is 296. The van der Waals surface area contributed by atoms with Gasteiger partial charge in [0.1, 0.15) is 0 Å². The minimum absolute atomic E-state index is 0.0295. The molecule has 0 fully saturated rings. The molecular formula is C9H17BrN4O. The maximum atomic E-state index is 5.54. The quantitative estimate of drug-likeness (QED) is 0.625. The second kappa shape index (κ2) is 5.60. The van der Waals surface area contributed by atoms with Gasteiger partial charge in [0.05, 0.1) is 28.5 Å². The van der Waals surface area contributed by atoms with Crippen molar-refractivity contribution in [3.63, 3.8) is 0 Å². The Morgan fingerprint density at radius 3 is 2.80 bits per heavy atom. The first-order valence-electron chi connectivity index (χ1n) is 4.76. The molecule has 2 unspecified atom stereocenters. The molecule has 0 bridgehead atoms. The van der Waals surface area contributed by atoms with Gasteiger partial charge < -0.3 is 4.74 Å². The molecule has 6 heteroatoms. The lowest BCUT2D eigenvalue weighted by Crippen LogP contribution is -2.32. The van der Waals surface area contributed by atoms with E-state index < -0.39 is 0 Å². The van der Waals surface area contributed by atoms with Crippen molar-refractivity contribution in [2.45, 2.75) is 25.5 Å². The van der Waals surface area contributed by atoms with Gasteiger partial charge in [0.15, 0.2) is 0 Å². The summed E-state index contributed by atoms with van der Waals surface area (Å²) in [5, 5.41) is 4.15. The number of hydrazine groups is 1. The number of rotatable bonds is 5. The van der Waals surface area contributed by atoms with Crippen LogP contribution in [0.1, 0.15) is 25.1 Å². The summed E-state index contributed by atoms with van der Waals surface area (Å²) in [7, 11) is 3.58. The zero-order valence-electron chi connectivity index (χ0n) is 9.20. The molecule has 1 heterocycles. The minimum Gasteiger partial charge on any atom is -0.382 e. The fraction of sp³-hybridized carbons (Fsp3) is 0.667. The smallest absolute Gasteiger partial charge is 0.0706 e. The highest BCUT2D eigenvalue weighted by atomic mass is 79.9. The van der Waals surface area contributed by atoms with E-state index in [1.165, 1.54) is 0 Å². The van der Waals surface area contributed by atoms with Crippen molar-refractivity contribution in [3.8, 4) is 0 Å². The van der Waals surface area contributed by atoms with E-state index in [1.54, 1.807) is 18.0 Å². The lowest BCUT2D eigenvalue weighted by atomic mass is 10.1. The Kier molecular flexibility index (Phi) is 4.72. The van der Waals surface area contributed by atoms with Crippen LogP contribution in [0.2, 0.25) is 0 Å². The molecule has 1 aromatic rings. The zero-order chi connectivity index (χ0) is 11.4. The van der Waals surface area contributed by atoms with Gasteiger partial charge in [0, 0.05) is 14.2 Å². The molecule has 1 aromatic heterocycles. The number of hydrogen-bond donors (Lipinski definition) is 2. The van der Waals surface area contributed by atoms with Crippen LogP contribution in [0, 0.1) is 0 Å². The lowest BCUT2D eigenvalue weighted by molar-refractivity contribution is 0.0993. The van der Waals surface area contributed by atoms with Crippen molar-refractivity contribution < 1.29 is 4.74 Å². The van der Waals surface area contributed by atoms with E-state index in [1.807, 2.05) is 14.0 Å². The molecular weight excluding hydrogens is 260 g/mol. The van der Waals surface area contributed by atoms with Crippen molar-refractivity contribution in [1.82, 2.24) is 15.2 Å². The molecule has 0 radical (unpaired) electrons. The van der Waals surface area contributed by atoms with Crippen molar-refractivity contribution in [2.24, 2.45) is 12.9 Å². The summed E-state index contributed by atoms with van der Waals surface area (Å²) in [4.78, 5) is 0. The Morgan fingerprint density at radius 2 is 2.40 bits per heavy atom. The van der Waals surface area contributed by atoms with Gasteiger partial charge in [-0.2, -0.15) is 5.10 Å². The van der Waals surface area contributed by atoms with E-state index in [-0.39, 0.29) is 12.1 Å². The molecule has 2 atom stereocenters. The fourth-order valence-corrected chi connectivity index (χ4v) is 2.12. The molecule has 3 N–H and O–H groups in total. The van der Waals surface area contributed by atoms with Crippen LogP contribution in [-0.2, 0) is 11.8 Å². The summed E-state index contributed by atoms with van der Waals surface area (Å²) >= 11 is 3.45. The van der Waals surface area contributed by atoms with Crippen molar-refractivity contribution in [3.05, 3.63) is 16.4 Å². The summed E-state index contributed by atoms with van der Waals surface area (Å²) in [5.41, 5.74) is 3.81. The summed E-state index contributed by atoms with van der Waals surface area (Å²) in [6, 6.07) is 0.0295. The molecule has 0 aromatic carbocycles. The SMILES string of the molecule is COC(C)CC(NN)c1c(Br)cnn1C. The molecule has 86 valence electrons. The number of halogens is 1. The second-order valence-electron chi connectivity index (χ2n) is 3.50. The molecule has 1 rings (SSSR count). The largest absolute Gasteiger partial charge is 0.382 e. The summed E-state index contributed by atoms with van der Waals surface area (Å²) < 4.78 is 7.98. The third-order valence-electron chi connectivity index (χ3n) is 2.44. The molecule has 0 saturated carbocycles. The van der Waals surface area contributed by atoms with Gasteiger partial charge in [0.2, 0.25) is 0 Å². The van der Waals surface area contributed by atoms with Gasteiger partial charge in [-0.05, 0) is 29.3 Å². The number of aromatic nitrogens is 2. The lowest BCUT2D eigenvalue weighted by Gasteiger charge is -2.20. The van der Waals surface area contributed by atoms with Crippen LogP contribution >= 0.6 is 15.9 Å². The van der Waals surface area contributed by atoms with Crippen molar-refractivity contribution in [2.75, 3.05) is 7.11 Å². The molecule has 0 amide bonds. The van der Waals surface area contributed by atoms with Crippen LogP contribution in [0.4, 0.5) is 0 Å². The summed E-state index contributed by atoms with van der Waals surface area (Å²) in [6.45, 7) is 2.01. The number of methoxy groups -OCH3 is 1. The van der Waals surface area contributed by atoms with Gasteiger partial charge in [-0.15, -0.1) is 0 Å². The summed E-state index contributed by atoms with van der Waals surface area (Å²) in [6.07, 6.45) is 2.70. The maximum Gasteiger partial charge on any atom is 0.0706 e. The molecule has 0 aliphatic heterocycles. The highest BCUT2D eigenvalue weighted by Gasteiger charge is 2.19. The number of nitrogens with zero attached hydrogens (tertiary/aromatic N) is 2. The van der Waals surface area contributed by atoms with Crippen molar-refractivity contribution >= 4 is 15.9 Å². The Hall–Kier alpha value is -0.430. The highest BCUT2D eigenvalue weighted by Crippen LogP contribution is 2.25. The van der Waals surface area contributed by atoms with Crippen LogP contribution in [0.25, 0.3) is 0 Å². The normalized spacial score (nSPS) is 15.3. The molecule has 5 nitrogen and oxygen atoms in total. The van der Waals surface area contributed by atoms with Crippen LogP contribution in [-0.4, -0.2) is 23.0 Å². The number of nitrogens with two attached hydrogens (primary N) is 1. The van der Waals surface area contributed by atoms with Crippen LogP contribution in [0.3, 0.4) is 0 Å². The first-order chi connectivity index (χ1) is 7.10. The van der Waals surface area contributed by atoms with Gasteiger partial charge in [-0.1, -0.05) is 0 Å². The minimum atomic E-state index is 0.0295. The van der Waals surface area contributed by atoms with E-state index in [2.05, 4.69) is 26.5 Å². The van der Waals surface area contributed by atoms with Gasteiger partial charge >= 0.3 is 0 Å². The van der Waals surface area contributed by atoms with E-state index in [4.69, 9.17) is 10.6 Å². The first kappa shape index (κ1) is 12.6. The van der Waals surface area contributed by atoms with Crippen LogP contribution in [0.5, 0.6) is 0 Å². The van der Waals surface area contributed by atoms with Gasteiger partial charge in [-0.3, -0.25) is 16.0 Å². The number of hydrogen-bond acceptors (Lipinski definition) is 4. The van der Waals surface area contributed by atoms with E-state index in [0.717, 1.165) is 16.6 Å². The Morgan fingerprint density at radius 1 is 1.73 bits per heavy atom. The molecule has 0 saturated heterocycles. The number of aryl methyl sites for hydroxylation is 1. The molecule has 0 spiro atoms. The number of ether oxygens (including phenoxy) is 1. The Balaban J connectivity index is 2.82. The third-order valence-corrected chi connectivity index (χ3v) is 3.05. The standard InChI is InChI=1S/C9H17BrN4O/c1-6(15-3)4-8(13-11)9-7(10)5-12-14(9)2/h5-6,8,13H,4,11H2,1-3H3. The second-order valence-corrected chi connectivity index (χ2v) is 4.36. The molecule has 15 heavy (non-hydrogen) atoms. The summed E-state index contributed by atoms with van der Waals surface area (Å²) in [5.74, 6) is 5.54. The predicted molar refractivity (Wildman–Crippen MR) is 62.1 cm³/mol. The molecule has 0 aliphatic rings. The van der Waals surface area contributed by atoms with E-state index in [0.29, 0.717) is 0 Å². The predicted octanol–water partition coefficient (Wildman–Crippen LogP) is 1.11. The average molecular weight is 277 g/mol. The highest BCUT2D eigenvalue weighted by molar-refractivity contribution is 9.10. The maximum absolute atomic E-state index is 5.54. The number of nitrogens with one attached hydrogen (secondary N) is 1. The van der Waals surface area contributed by atoms with Crippen molar-refractivity contribution in [1.29, 1.82) is 0 Å². The topological polar surface area (TPSA) is 65.1 Å². The zero-order valence-corrected chi connectivity index (χ0v) is 10.8. The van der Waals surface area contributed by atoms with E-state index in [9.17, 15) is 0 Å².